The average molecular weight is 383 g/mol. The number of benzene rings is 1. The summed E-state index contributed by atoms with van der Waals surface area (Å²) in [6.45, 7) is 3.27. The number of likely N-dealkylation sites (tertiary alicyclic amines) is 1. The lowest BCUT2D eigenvalue weighted by atomic mass is 9.95. The fourth-order valence-corrected chi connectivity index (χ4v) is 2.99. The molecule has 1 fully saturated rings. The van der Waals surface area contributed by atoms with E-state index in [1.165, 1.54) is 6.92 Å². The molecule has 1 heterocycles. The summed E-state index contributed by atoms with van der Waals surface area (Å²) in [5.41, 5.74) is 7.33. The molecule has 1 aliphatic rings. The summed E-state index contributed by atoms with van der Waals surface area (Å²) in [5.74, 6) is -0.243. The summed E-state index contributed by atoms with van der Waals surface area (Å²) in [6.07, 6.45) is 0.306. The largest absolute Gasteiger partial charge is 0.355 e. The van der Waals surface area contributed by atoms with Crippen LogP contribution in [0, 0.1) is 0 Å². The van der Waals surface area contributed by atoms with Crippen LogP contribution in [0.5, 0.6) is 0 Å². The van der Waals surface area contributed by atoms with Gasteiger partial charge < -0.3 is 21.3 Å². The van der Waals surface area contributed by atoms with Crippen LogP contribution in [-0.4, -0.2) is 54.8 Å². The van der Waals surface area contributed by atoms with E-state index in [4.69, 9.17) is 5.73 Å². The molecule has 0 saturated carbocycles. The molecular formula is C18H27ClN4O3. The number of nitrogens with two attached hydrogens (primary N) is 1. The molecule has 8 heteroatoms. The van der Waals surface area contributed by atoms with Crippen LogP contribution in [0.2, 0.25) is 0 Å². The number of hydrogen-bond acceptors (Lipinski definition) is 4. The van der Waals surface area contributed by atoms with Gasteiger partial charge in [-0.1, -0.05) is 30.3 Å². The van der Waals surface area contributed by atoms with Crippen LogP contribution in [0.3, 0.4) is 0 Å². The number of rotatable bonds is 7. The monoisotopic (exact) mass is 382 g/mol. The summed E-state index contributed by atoms with van der Waals surface area (Å²) >= 11 is 0. The van der Waals surface area contributed by atoms with Gasteiger partial charge in [-0.05, 0) is 5.56 Å². The Morgan fingerprint density at radius 3 is 2.38 bits per heavy atom. The maximum Gasteiger partial charge on any atom is 0.223 e. The number of hydrogen-bond donors (Lipinski definition) is 3. The molecule has 7 nitrogen and oxygen atoms in total. The average Bonchev–Trinajstić information content (AvgIpc) is 2.99. The molecule has 1 aromatic rings. The molecule has 0 aliphatic carbocycles. The molecule has 4 N–H and O–H groups in total. The fourth-order valence-electron chi connectivity index (χ4n) is 2.99. The molecule has 2 rings (SSSR count). The topological polar surface area (TPSA) is 105 Å². The molecule has 0 radical (unpaired) electrons. The molecule has 1 aliphatic heterocycles. The minimum Gasteiger partial charge on any atom is -0.355 e. The van der Waals surface area contributed by atoms with Crippen molar-refractivity contribution < 1.29 is 14.4 Å². The molecule has 2 atom stereocenters. The second kappa shape index (κ2) is 10.8. The van der Waals surface area contributed by atoms with E-state index in [0.717, 1.165) is 5.56 Å². The number of carbonyl (C=O) groups is 3. The van der Waals surface area contributed by atoms with Crippen LogP contribution in [0.15, 0.2) is 30.3 Å². The lowest BCUT2D eigenvalue weighted by Gasteiger charge is -2.16. The Morgan fingerprint density at radius 2 is 1.73 bits per heavy atom. The van der Waals surface area contributed by atoms with Crippen LogP contribution in [0.25, 0.3) is 0 Å². The molecule has 1 aromatic carbocycles. The summed E-state index contributed by atoms with van der Waals surface area (Å²) in [4.78, 5) is 36.5. The molecule has 0 aromatic heterocycles. The summed E-state index contributed by atoms with van der Waals surface area (Å²) in [6, 6.07) is 9.87. The van der Waals surface area contributed by atoms with Crippen molar-refractivity contribution in [1.82, 2.24) is 15.5 Å². The predicted octanol–water partition coefficient (Wildman–Crippen LogP) is 0.394. The summed E-state index contributed by atoms with van der Waals surface area (Å²) < 4.78 is 0. The van der Waals surface area contributed by atoms with Gasteiger partial charge in [0.05, 0.1) is 0 Å². The van der Waals surface area contributed by atoms with Crippen molar-refractivity contribution in [3.8, 4) is 0 Å². The van der Waals surface area contributed by atoms with Gasteiger partial charge >= 0.3 is 0 Å². The summed E-state index contributed by atoms with van der Waals surface area (Å²) in [7, 11) is 0. The van der Waals surface area contributed by atoms with Gasteiger partial charge in [0.15, 0.2) is 0 Å². The van der Waals surface area contributed by atoms with Gasteiger partial charge in [0.2, 0.25) is 17.7 Å². The van der Waals surface area contributed by atoms with Gasteiger partial charge in [-0.15, -0.1) is 12.4 Å². The predicted molar refractivity (Wildman–Crippen MR) is 102 cm³/mol. The third-order valence-corrected chi connectivity index (χ3v) is 4.33. The minimum atomic E-state index is -0.193. The van der Waals surface area contributed by atoms with Gasteiger partial charge in [-0.3, -0.25) is 14.4 Å². The molecule has 3 amide bonds. The highest BCUT2D eigenvalue weighted by atomic mass is 35.5. The highest BCUT2D eigenvalue weighted by Gasteiger charge is 2.33. The zero-order valence-electron chi connectivity index (χ0n) is 14.9. The lowest BCUT2D eigenvalue weighted by molar-refractivity contribution is -0.132. The lowest BCUT2D eigenvalue weighted by Crippen LogP contribution is -2.35. The van der Waals surface area contributed by atoms with Gasteiger partial charge in [0.25, 0.3) is 0 Å². The number of nitrogens with one attached hydrogen (secondary N) is 2. The van der Waals surface area contributed by atoms with E-state index in [2.05, 4.69) is 10.6 Å². The van der Waals surface area contributed by atoms with Crippen molar-refractivity contribution in [1.29, 1.82) is 0 Å². The minimum absolute atomic E-state index is 0. The molecule has 1 saturated heterocycles. The first kappa shape index (κ1) is 21.9. The van der Waals surface area contributed by atoms with E-state index in [-0.39, 0.29) is 54.9 Å². The van der Waals surface area contributed by atoms with Crippen molar-refractivity contribution in [3.63, 3.8) is 0 Å². The number of amides is 3. The SMILES string of the molecule is CC(=O)NCCNC(=O)CCC(=O)N1C[C@@H](N)[C@H](c2ccccc2)C1.Cl. The van der Waals surface area contributed by atoms with E-state index < -0.39 is 0 Å². The van der Waals surface area contributed by atoms with Gasteiger partial charge in [-0.2, -0.15) is 0 Å². The molecule has 0 unspecified atom stereocenters. The molecule has 144 valence electrons. The Bertz CT molecular complexity index is 612. The summed E-state index contributed by atoms with van der Waals surface area (Å²) in [5, 5.41) is 5.27. The first-order valence-electron chi connectivity index (χ1n) is 8.57. The Kier molecular flexibility index (Phi) is 9.09. The number of nitrogens with zero attached hydrogens (tertiary/aromatic N) is 1. The Balaban J connectivity index is 0.00000338. The molecule has 26 heavy (non-hydrogen) atoms. The standard InChI is InChI=1S/C18H26N4O3.ClH/c1-13(23)20-9-10-21-17(24)7-8-18(25)22-11-15(16(19)12-22)14-5-3-2-4-6-14;/h2-6,15-16H,7-12,19H2,1H3,(H,20,23)(H,21,24);1H/t15-,16+;/m0./s1. The van der Waals surface area contributed by atoms with Gasteiger partial charge in [-0.25, -0.2) is 0 Å². The van der Waals surface area contributed by atoms with Gasteiger partial charge in [0, 0.05) is 57.9 Å². The zero-order chi connectivity index (χ0) is 18.2. The zero-order valence-corrected chi connectivity index (χ0v) is 15.8. The van der Waals surface area contributed by atoms with Crippen molar-refractivity contribution in [2.75, 3.05) is 26.2 Å². The van der Waals surface area contributed by atoms with E-state index >= 15 is 0 Å². The highest BCUT2D eigenvalue weighted by molar-refractivity contribution is 5.85. The fraction of sp³-hybridized carbons (Fsp3) is 0.500. The van der Waals surface area contributed by atoms with Gasteiger partial charge in [0.1, 0.15) is 0 Å². The first-order chi connectivity index (χ1) is 12.0. The molecular weight excluding hydrogens is 356 g/mol. The van der Waals surface area contributed by atoms with E-state index in [1.807, 2.05) is 30.3 Å². The molecule has 0 bridgehead atoms. The third-order valence-electron chi connectivity index (χ3n) is 4.33. The molecule has 0 spiro atoms. The van der Waals surface area contributed by atoms with Crippen molar-refractivity contribution in [2.24, 2.45) is 5.73 Å². The van der Waals surface area contributed by atoms with E-state index in [0.29, 0.717) is 26.2 Å². The van der Waals surface area contributed by atoms with E-state index in [1.54, 1.807) is 4.90 Å². The smallest absolute Gasteiger partial charge is 0.223 e. The van der Waals surface area contributed by atoms with Crippen LogP contribution in [0.4, 0.5) is 0 Å². The second-order valence-corrected chi connectivity index (χ2v) is 6.31. The maximum atomic E-state index is 12.3. The van der Waals surface area contributed by atoms with Crippen LogP contribution >= 0.6 is 12.4 Å². The quantitative estimate of drug-likeness (QED) is 0.593. The van der Waals surface area contributed by atoms with Crippen LogP contribution in [0.1, 0.15) is 31.2 Å². The third kappa shape index (κ3) is 6.65. The van der Waals surface area contributed by atoms with Crippen LogP contribution < -0.4 is 16.4 Å². The Morgan fingerprint density at radius 1 is 1.08 bits per heavy atom. The number of carbonyl (C=O) groups excluding carboxylic acids is 3. The van der Waals surface area contributed by atoms with Crippen molar-refractivity contribution in [3.05, 3.63) is 35.9 Å². The Hall–Kier alpha value is -2.12. The second-order valence-electron chi connectivity index (χ2n) is 6.31. The Labute approximate surface area is 160 Å². The highest BCUT2D eigenvalue weighted by Crippen LogP contribution is 2.26. The normalized spacial score (nSPS) is 18.8. The number of halogens is 1. The van der Waals surface area contributed by atoms with Crippen LogP contribution in [-0.2, 0) is 14.4 Å². The maximum absolute atomic E-state index is 12.3. The van der Waals surface area contributed by atoms with Crippen molar-refractivity contribution in [2.45, 2.75) is 31.7 Å². The van der Waals surface area contributed by atoms with E-state index in [9.17, 15) is 14.4 Å². The first-order valence-corrected chi connectivity index (χ1v) is 8.57. The van der Waals surface area contributed by atoms with Crippen molar-refractivity contribution >= 4 is 30.1 Å².